The molecule has 0 saturated carbocycles. The molecule has 1 aliphatic carbocycles. The van der Waals surface area contributed by atoms with Crippen LogP contribution in [0, 0.1) is 5.92 Å². The van der Waals surface area contributed by atoms with Crippen molar-refractivity contribution in [3.05, 3.63) is 51.4 Å². The highest BCUT2D eigenvalue weighted by atomic mass is 32.1. The fraction of sp³-hybridized carbons (Fsp3) is 0.458. The highest BCUT2D eigenvalue weighted by molar-refractivity contribution is 7.17. The third kappa shape index (κ3) is 5.73. The Morgan fingerprint density at radius 3 is 2.55 bits per heavy atom. The Balaban J connectivity index is 1.79. The summed E-state index contributed by atoms with van der Waals surface area (Å²) in [6, 6.07) is 8.00. The van der Waals surface area contributed by atoms with Crippen LogP contribution in [0.15, 0.2) is 24.3 Å². The molecule has 0 saturated heterocycles. The van der Waals surface area contributed by atoms with E-state index in [0.717, 1.165) is 35.3 Å². The smallest absolute Gasteiger partial charge is 0.414 e. The zero-order valence-electron chi connectivity index (χ0n) is 18.5. The number of amides is 3. The second-order valence-corrected chi connectivity index (χ2v) is 9.46. The van der Waals surface area contributed by atoms with Gasteiger partial charge in [0.05, 0.1) is 18.6 Å². The summed E-state index contributed by atoms with van der Waals surface area (Å²) in [4.78, 5) is 38.5. The van der Waals surface area contributed by atoms with Gasteiger partial charge >= 0.3 is 6.09 Å². The molecular formula is C24H30N2O4S. The van der Waals surface area contributed by atoms with Gasteiger partial charge < -0.3 is 10.1 Å². The number of hydrogen-bond acceptors (Lipinski definition) is 5. The Kier molecular flexibility index (Phi) is 7.49. The summed E-state index contributed by atoms with van der Waals surface area (Å²) in [5.41, 5.74) is 3.46. The number of hydrogen-bond donors (Lipinski definition) is 2. The predicted octanol–water partition coefficient (Wildman–Crippen LogP) is 5.06. The molecule has 1 atom stereocenters. The zero-order valence-corrected chi connectivity index (χ0v) is 19.4. The highest BCUT2D eigenvalue weighted by Crippen LogP contribution is 2.39. The number of alkyl carbamates (subject to hydrolysis) is 1. The van der Waals surface area contributed by atoms with Gasteiger partial charge in [-0.2, -0.15) is 0 Å². The predicted molar refractivity (Wildman–Crippen MR) is 123 cm³/mol. The molecule has 0 bridgehead atoms. The topological polar surface area (TPSA) is 84.5 Å². The van der Waals surface area contributed by atoms with E-state index < -0.39 is 12.0 Å². The first-order chi connectivity index (χ1) is 14.8. The third-order valence-corrected chi connectivity index (χ3v) is 6.66. The average molecular weight is 443 g/mol. The van der Waals surface area contributed by atoms with Gasteiger partial charge in [0, 0.05) is 4.88 Å². The number of carbonyl (C=O) groups is 3. The lowest BCUT2D eigenvalue weighted by molar-refractivity contribution is -0.115. The van der Waals surface area contributed by atoms with Crippen LogP contribution in [0.2, 0.25) is 0 Å². The van der Waals surface area contributed by atoms with Gasteiger partial charge in [-0.1, -0.05) is 45.0 Å². The van der Waals surface area contributed by atoms with Crippen LogP contribution in [-0.4, -0.2) is 24.5 Å². The third-order valence-electron chi connectivity index (χ3n) is 5.49. The molecule has 31 heavy (non-hydrogen) atoms. The van der Waals surface area contributed by atoms with Gasteiger partial charge in [-0.05, 0) is 54.7 Å². The Hall–Kier alpha value is -2.67. The van der Waals surface area contributed by atoms with Crippen LogP contribution in [0.4, 0.5) is 9.80 Å². The molecule has 1 aliphatic rings. The summed E-state index contributed by atoms with van der Waals surface area (Å²) < 4.78 is 4.84. The van der Waals surface area contributed by atoms with Gasteiger partial charge in [0.25, 0.3) is 5.91 Å². The number of carbonyl (C=O) groups excluding carboxylic acids is 3. The molecule has 1 heterocycles. The van der Waals surface area contributed by atoms with Gasteiger partial charge in [-0.25, -0.2) is 4.79 Å². The Morgan fingerprint density at radius 2 is 1.90 bits per heavy atom. The normalized spacial score (nSPS) is 15.3. The minimum Gasteiger partial charge on any atom is -0.450 e. The summed E-state index contributed by atoms with van der Waals surface area (Å²) in [6.45, 7) is 8.29. The van der Waals surface area contributed by atoms with Crippen molar-refractivity contribution >= 4 is 34.2 Å². The summed E-state index contributed by atoms with van der Waals surface area (Å²) >= 11 is 1.43. The summed E-state index contributed by atoms with van der Waals surface area (Å²) in [7, 11) is 0. The minimum absolute atomic E-state index is 0.178. The quantitative estimate of drug-likeness (QED) is 0.655. The van der Waals surface area contributed by atoms with Crippen LogP contribution < -0.4 is 10.6 Å². The molecule has 6 nitrogen and oxygen atoms in total. The number of rotatable bonds is 6. The van der Waals surface area contributed by atoms with E-state index in [9.17, 15) is 14.4 Å². The van der Waals surface area contributed by atoms with Crippen LogP contribution in [-0.2, 0) is 28.8 Å². The standard InChI is InChI=1S/C24H30N2O4S/c1-5-30-24(29)26-22(28)21-18-11-6-15(4)12-19(18)31-23(21)25-20(27)13-16-7-9-17(10-8-16)14(2)3/h7-10,14-15H,5-6,11-13H2,1-4H3,(H,25,27)(H,26,28,29). The molecule has 1 aromatic carbocycles. The SMILES string of the molecule is CCOC(=O)NC(=O)c1c(NC(=O)Cc2ccc(C(C)C)cc2)sc2c1CCC(C)C2. The van der Waals surface area contributed by atoms with Crippen LogP contribution in [0.1, 0.15) is 72.0 Å². The number of thiophene rings is 1. The second-order valence-electron chi connectivity index (χ2n) is 8.35. The number of fused-ring (bicyclic) bond motifs is 1. The molecule has 0 spiro atoms. The molecule has 0 radical (unpaired) electrons. The van der Waals surface area contributed by atoms with E-state index >= 15 is 0 Å². The Morgan fingerprint density at radius 1 is 1.19 bits per heavy atom. The van der Waals surface area contributed by atoms with Crippen LogP contribution in [0.5, 0.6) is 0 Å². The number of anilines is 1. The van der Waals surface area contributed by atoms with Crippen molar-refractivity contribution < 1.29 is 19.1 Å². The van der Waals surface area contributed by atoms with Crippen LogP contribution >= 0.6 is 11.3 Å². The minimum atomic E-state index is -0.779. The lowest BCUT2D eigenvalue weighted by Gasteiger charge is -2.18. The van der Waals surface area contributed by atoms with E-state index in [2.05, 4.69) is 31.4 Å². The molecule has 1 aromatic heterocycles. The van der Waals surface area contributed by atoms with Crippen molar-refractivity contribution in [2.45, 2.75) is 59.3 Å². The summed E-state index contributed by atoms with van der Waals surface area (Å²) in [6.07, 6.45) is 2.03. The summed E-state index contributed by atoms with van der Waals surface area (Å²) in [5, 5.41) is 5.71. The fourth-order valence-electron chi connectivity index (χ4n) is 3.78. The second kappa shape index (κ2) is 10.1. The van der Waals surface area contributed by atoms with Crippen molar-refractivity contribution in [2.75, 3.05) is 11.9 Å². The Bertz CT molecular complexity index is 963. The average Bonchev–Trinajstić information content (AvgIpc) is 3.05. The van der Waals surface area contributed by atoms with E-state index in [-0.39, 0.29) is 18.9 Å². The fourth-order valence-corrected chi connectivity index (χ4v) is 5.20. The molecule has 3 rings (SSSR count). The maximum Gasteiger partial charge on any atom is 0.414 e. The maximum absolute atomic E-state index is 12.8. The molecule has 1 unspecified atom stereocenters. The lowest BCUT2D eigenvalue weighted by atomic mass is 9.88. The zero-order chi connectivity index (χ0) is 22.5. The maximum atomic E-state index is 12.8. The van der Waals surface area contributed by atoms with E-state index in [1.807, 2.05) is 24.3 Å². The van der Waals surface area contributed by atoms with Crippen molar-refractivity contribution in [1.82, 2.24) is 5.32 Å². The Labute approximate surface area is 187 Å². The highest BCUT2D eigenvalue weighted by Gasteiger charge is 2.29. The molecular weight excluding hydrogens is 412 g/mol. The van der Waals surface area contributed by atoms with E-state index in [4.69, 9.17) is 4.74 Å². The van der Waals surface area contributed by atoms with Gasteiger partial charge in [-0.15, -0.1) is 11.3 Å². The lowest BCUT2D eigenvalue weighted by Crippen LogP contribution is -2.32. The largest absolute Gasteiger partial charge is 0.450 e. The van der Waals surface area contributed by atoms with Crippen LogP contribution in [0.3, 0.4) is 0 Å². The van der Waals surface area contributed by atoms with E-state index in [1.54, 1.807) is 6.92 Å². The molecule has 2 N–H and O–H groups in total. The summed E-state index contributed by atoms with van der Waals surface area (Å²) in [5.74, 6) is 0.245. The number of nitrogens with one attached hydrogen (secondary N) is 2. The van der Waals surface area contributed by atoms with Crippen molar-refractivity contribution in [3.63, 3.8) is 0 Å². The van der Waals surface area contributed by atoms with E-state index in [0.29, 0.717) is 22.4 Å². The first kappa shape index (κ1) is 23.0. The molecule has 3 amide bonds. The molecule has 166 valence electrons. The molecule has 7 heteroatoms. The van der Waals surface area contributed by atoms with Crippen molar-refractivity contribution in [2.24, 2.45) is 5.92 Å². The number of imide groups is 1. The van der Waals surface area contributed by atoms with Gasteiger partial charge in [0.2, 0.25) is 5.91 Å². The molecule has 0 aliphatic heterocycles. The molecule has 2 aromatic rings. The number of benzene rings is 1. The molecule has 0 fully saturated rings. The van der Waals surface area contributed by atoms with E-state index in [1.165, 1.54) is 16.9 Å². The van der Waals surface area contributed by atoms with Crippen molar-refractivity contribution in [1.29, 1.82) is 0 Å². The van der Waals surface area contributed by atoms with Crippen LogP contribution in [0.25, 0.3) is 0 Å². The monoisotopic (exact) mass is 442 g/mol. The first-order valence-corrected chi connectivity index (χ1v) is 11.6. The van der Waals surface area contributed by atoms with Crippen molar-refractivity contribution in [3.8, 4) is 0 Å². The van der Waals surface area contributed by atoms with Gasteiger partial charge in [0.15, 0.2) is 0 Å². The van der Waals surface area contributed by atoms with Gasteiger partial charge in [-0.3, -0.25) is 14.9 Å². The number of ether oxygens (including phenoxy) is 1. The first-order valence-electron chi connectivity index (χ1n) is 10.8. The van der Waals surface area contributed by atoms with Gasteiger partial charge in [0.1, 0.15) is 5.00 Å².